The van der Waals surface area contributed by atoms with Crippen LogP contribution in [0.3, 0.4) is 0 Å². The zero-order chi connectivity index (χ0) is 15.4. The van der Waals surface area contributed by atoms with Gasteiger partial charge in [0.25, 0.3) is 0 Å². The quantitative estimate of drug-likeness (QED) is 0.838. The summed E-state index contributed by atoms with van der Waals surface area (Å²) in [5.74, 6) is -0.324. The third-order valence-corrected chi connectivity index (χ3v) is 3.73. The zero-order valence-corrected chi connectivity index (χ0v) is 13.1. The van der Waals surface area contributed by atoms with Crippen molar-refractivity contribution >= 4 is 23.3 Å². The van der Waals surface area contributed by atoms with E-state index in [1.807, 2.05) is 43.3 Å². The largest absolute Gasteiger partial charge is 0.465 e. The number of carbonyl (C=O) groups is 1. The van der Waals surface area contributed by atoms with Gasteiger partial charge in [-0.15, -0.1) is 0 Å². The molecule has 0 bridgehead atoms. The molecular weight excluding hydrogens is 286 g/mol. The Morgan fingerprint density at radius 1 is 1.19 bits per heavy atom. The lowest BCUT2D eigenvalue weighted by atomic mass is 10.0. The van der Waals surface area contributed by atoms with Gasteiger partial charge in [0, 0.05) is 16.8 Å². The Balaban J connectivity index is 2.23. The van der Waals surface area contributed by atoms with Crippen molar-refractivity contribution in [2.24, 2.45) is 0 Å². The van der Waals surface area contributed by atoms with Gasteiger partial charge in [-0.25, -0.2) is 4.79 Å². The summed E-state index contributed by atoms with van der Waals surface area (Å²) in [6.07, 6.45) is 0. The van der Waals surface area contributed by atoms with E-state index in [-0.39, 0.29) is 12.0 Å². The Kier molecular flexibility index (Phi) is 4.86. The van der Waals surface area contributed by atoms with E-state index in [2.05, 4.69) is 12.2 Å². The summed E-state index contributed by atoms with van der Waals surface area (Å²) < 4.78 is 4.79. The maximum absolute atomic E-state index is 11.7. The monoisotopic (exact) mass is 303 g/mol. The van der Waals surface area contributed by atoms with Crippen LogP contribution in [0.5, 0.6) is 0 Å². The van der Waals surface area contributed by atoms with Gasteiger partial charge in [-0.2, -0.15) is 0 Å². The fraction of sp³-hybridized carbons (Fsp3) is 0.235. The molecule has 110 valence electrons. The zero-order valence-electron chi connectivity index (χ0n) is 12.3. The van der Waals surface area contributed by atoms with Crippen LogP contribution in [-0.4, -0.2) is 13.1 Å². The predicted octanol–water partition coefficient (Wildman–Crippen LogP) is 4.61. The van der Waals surface area contributed by atoms with E-state index in [0.29, 0.717) is 5.56 Å². The van der Waals surface area contributed by atoms with Gasteiger partial charge in [0.2, 0.25) is 0 Å². The minimum absolute atomic E-state index is 0.105. The molecule has 0 radical (unpaired) electrons. The van der Waals surface area contributed by atoms with E-state index < -0.39 is 0 Å². The summed E-state index contributed by atoms with van der Waals surface area (Å²) >= 11 is 5.90. The molecule has 0 aliphatic heterocycles. The van der Waals surface area contributed by atoms with E-state index in [1.165, 1.54) is 7.11 Å². The van der Waals surface area contributed by atoms with Crippen LogP contribution in [0, 0.1) is 6.92 Å². The van der Waals surface area contributed by atoms with Gasteiger partial charge >= 0.3 is 5.97 Å². The minimum atomic E-state index is -0.324. The Labute approximate surface area is 129 Å². The number of anilines is 1. The van der Waals surface area contributed by atoms with Crippen LogP contribution in [0.15, 0.2) is 42.5 Å². The number of halogens is 1. The molecule has 2 rings (SSSR count). The predicted molar refractivity (Wildman–Crippen MR) is 86.0 cm³/mol. The highest BCUT2D eigenvalue weighted by atomic mass is 35.5. The maximum atomic E-state index is 11.7. The lowest BCUT2D eigenvalue weighted by Crippen LogP contribution is -2.10. The van der Waals surface area contributed by atoms with E-state index in [0.717, 1.165) is 21.8 Å². The standard InChI is InChI=1S/C17H18ClNO2/c1-11-15(17(20)21-3)5-4-6-16(11)19-12(2)13-7-9-14(18)10-8-13/h4-10,12,19H,1-3H3. The van der Waals surface area contributed by atoms with Crippen LogP contribution in [-0.2, 0) is 4.74 Å². The highest BCUT2D eigenvalue weighted by Crippen LogP contribution is 2.25. The van der Waals surface area contributed by atoms with Gasteiger partial charge in [0.15, 0.2) is 0 Å². The highest BCUT2D eigenvalue weighted by molar-refractivity contribution is 6.30. The van der Waals surface area contributed by atoms with Gasteiger partial charge in [-0.3, -0.25) is 0 Å². The minimum Gasteiger partial charge on any atom is -0.465 e. The number of esters is 1. The van der Waals surface area contributed by atoms with Gasteiger partial charge in [-0.1, -0.05) is 29.8 Å². The lowest BCUT2D eigenvalue weighted by Gasteiger charge is -2.18. The van der Waals surface area contributed by atoms with Crippen molar-refractivity contribution in [2.45, 2.75) is 19.9 Å². The van der Waals surface area contributed by atoms with Crippen LogP contribution in [0.4, 0.5) is 5.69 Å². The van der Waals surface area contributed by atoms with Gasteiger partial charge in [-0.05, 0) is 49.2 Å². The molecule has 0 saturated heterocycles. The molecule has 21 heavy (non-hydrogen) atoms. The molecule has 0 amide bonds. The van der Waals surface area contributed by atoms with Crippen molar-refractivity contribution < 1.29 is 9.53 Å². The van der Waals surface area contributed by atoms with Crippen molar-refractivity contribution in [3.63, 3.8) is 0 Å². The number of ether oxygens (including phenoxy) is 1. The van der Waals surface area contributed by atoms with Crippen molar-refractivity contribution in [1.29, 1.82) is 0 Å². The maximum Gasteiger partial charge on any atom is 0.338 e. The van der Waals surface area contributed by atoms with E-state index in [1.54, 1.807) is 6.07 Å². The molecule has 0 heterocycles. The lowest BCUT2D eigenvalue weighted by molar-refractivity contribution is 0.0600. The molecule has 1 atom stereocenters. The molecule has 0 aliphatic carbocycles. The number of carbonyl (C=O) groups excluding carboxylic acids is 1. The summed E-state index contributed by atoms with van der Waals surface area (Å²) in [6.45, 7) is 3.97. The molecule has 0 fully saturated rings. The number of hydrogen-bond acceptors (Lipinski definition) is 3. The van der Waals surface area contributed by atoms with Crippen molar-refractivity contribution in [3.05, 3.63) is 64.2 Å². The molecule has 1 unspecified atom stereocenters. The van der Waals surface area contributed by atoms with Crippen molar-refractivity contribution in [3.8, 4) is 0 Å². The first-order valence-electron chi connectivity index (χ1n) is 6.73. The second-order valence-corrected chi connectivity index (χ2v) is 5.32. The molecule has 2 aromatic carbocycles. The molecule has 1 N–H and O–H groups in total. The smallest absolute Gasteiger partial charge is 0.338 e. The van der Waals surface area contributed by atoms with Gasteiger partial charge in [0.1, 0.15) is 0 Å². The highest BCUT2D eigenvalue weighted by Gasteiger charge is 2.13. The number of hydrogen-bond donors (Lipinski definition) is 1. The third kappa shape index (κ3) is 3.56. The van der Waals surface area contributed by atoms with E-state index in [4.69, 9.17) is 16.3 Å². The molecule has 0 spiro atoms. The molecule has 0 aliphatic rings. The molecule has 2 aromatic rings. The summed E-state index contributed by atoms with van der Waals surface area (Å²) in [5, 5.41) is 4.13. The molecule has 3 nitrogen and oxygen atoms in total. The second-order valence-electron chi connectivity index (χ2n) is 4.89. The first kappa shape index (κ1) is 15.4. The van der Waals surface area contributed by atoms with E-state index in [9.17, 15) is 4.79 Å². The summed E-state index contributed by atoms with van der Waals surface area (Å²) in [6, 6.07) is 13.4. The van der Waals surface area contributed by atoms with Crippen molar-refractivity contribution in [2.75, 3.05) is 12.4 Å². The average Bonchev–Trinajstić information content (AvgIpc) is 2.49. The average molecular weight is 304 g/mol. The first-order chi connectivity index (χ1) is 10.0. The summed E-state index contributed by atoms with van der Waals surface area (Å²) in [5.41, 5.74) is 3.50. The van der Waals surface area contributed by atoms with E-state index >= 15 is 0 Å². The summed E-state index contributed by atoms with van der Waals surface area (Å²) in [7, 11) is 1.39. The molecule has 0 aromatic heterocycles. The first-order valence-corrected chi connectivity index (χ1v) is 7.10. The second kappa shape index (κ2) is 6.64. The van der Waals surface area contributed by atoms with Gasteiger partial charge in [0.05, 0.1) is 12.7 Å². The normalized spacial score (nSPS) is 11.8. The van der Waals surface area contributed by atoms with Crippen LogP contribution in [0.2, 0.25) is 5.02 Å². The Hall–Kier alpha value is -2.00. The Morgan fingerprint density at radius 3 is 2.48 bits per heavy atom. The SMILES string of the molecule is COC(=O)c1cccc(NC(C)c2ccc(Cl)cc2)c1C. The summed E-state index contributed by atoms with van der Waals surface area (Å²) in [4.78, 5) is 11.7. The number of nitrogens with one attached hydrogen (secondary N) is 1. The molecule has 4 heteroatoms. The number of benzene rings is 2. The van der Waals surface area contributed by atoms with Crippen LogP contribution in [0.1, 0.15) is 34.5 Å². The number of methoxy groups -OCH3 is 1. The number of rotatable bonds is 4. The third-order valence-electron chi connectivity index (χ3n) is 3.48. The Bertz CT molecular complexity index is 638. The van der Waals surface area contributed by atoms with Crippen LogP contribution in [0.25, 0.3) is 0 Å². The fourth-order valence-corrected chi connectivity index (χ4v) is 2.32. The van der Waals surface area contributed by atoms with Crippen molar-refractivity contribution in [1.82, 2.24) is 0 Å². The topological polar surface area (TPSA) is 38.3 Å². The molecular formula is C17H18ClNO2. The molecule has 0 saturated carbocycles. The fourth-order valence-electron chi connectivity index (χ4n) is 2.19. The van der Waals surface area contributed by atoms with Crippen LogP contribution >= 0.6 is 11.6 Å². The van der Waals surface area contributed by atoms with Gasteiger partial charge < -0.3 is 10.1 Å². The Morgan fingerprint density at radius 2 is 1.86 bits per heavy atom. The van der Waals surface area contributed by atoms with Crippen LogP contribution < -0.4 is 5.32 Å².